The minimum Gasteiger partial charge on any atom is -0.355 e. The Morgan fingerprint density at radius 2 is 1.67 bits per heavy atom. The van der Waals surface area contributed by atoms with Gasteiger partial charge in [0.2, 0.25) is 11.8 Å². The Labute approximate surface area is 91.2 Å². The second kappa shape index (κ2) is 8.23. The van der Waals surface area contributed by atoms with Crippen molar-refractivity contribution in [1.82, 2.24) is 15.5 Å². The molecule has 0 spiro atoms. The van der Waals surface area contributed by atoms with E-state index in [-0.39, 0.29) is 24.9 Å². The maximum absolute atomic E-state index is 11.5. The molecule has 0 aliphatic rings. The van der Waals surface area contributed by atoms with Gasteiger partial charge in [-0.05, 0) is 20.8 Å². The van der Waals surface area contributed by atoms with E-state index in [0.717, 1.165) is 0 Å². The number of hydrogen-bond donors (Lipinski definition) is 2. The zero-order valence-electron chi connectivity index (χ0n) is 9.80. The fraction of sp³-hybridized carbons (Fsp3) is 0.800. The van der Waals surface area contributed by atoms with E-state index in [9.17, 15) is 9.59 Å². The van der Waals surface area contributed by atoms with Gasteiger partial charge in [-0.3, -0.25) is 14.9 Å². The highest BCUT2D eigenvalue weighted by molar-refractivity contribution is 5.81. The second-order valence-corrected chi connectivity index (χ2v) is 3.12. The lowest BCUT2D eigenvalue weighted by Crippen LogP contribution is -2.41. The maximum atomic E-state index is 11.5. The summed E-state index contributed by atoms with van der Waals surface area (Å²) in [6.45, 7) is 8.18. The molecule has 15 heavy (non-hydrogen) atoms. The molecule has 0 heterocycles. The third-order valence-corrected chi connectivity index (χ3v) is 2.05. The second-order valence-electron chi connectivity index (χ2n) is 3.12. The molecular formula is C10H21N3O2. The van der Waals surface area contributed by atoms with Crippen LogP contribution in [0.25, 0.3) is 0 Å². The molecule has 0 aromatic heterocycles. The summed E-state index contributed by atoms with van der Waals surface area (Å²) in [6, 6.07) is 0. The number of amides is 2. The van der Waals surface area contributed by atoms with Crippen molar-refractivity contribution in [3.8, 4) is 0 Å². The molecular weight excluding hydrogens is 194 g/mol. The molecule has 0 aliphatic heterocycles. The third kappa shape index (κ3) is 6.06. The van der Waals surface area contributed by atoms with Crippen LogP contribution in [0.3, 0.4) is 0 Å². The van der Waals surface area contributed by atoms with Gasteiger partial charge in [0.15, 0.2) is 0 Å². The molecule has 88 valence electrons. The first-order valence-electron chi connectivity index (χ1n) is 5.40. The summed E-state index contributed by atoms with van der Waals surface area (Å²) in [5.74, 6) is -0.0471. The minimum absolute atomic E-state index is 0.0318. The van der Waals surface area contributed by atoms with E-state index in [1.54, 1.807) is 4.90 Å². The van der Waals surface area contributed by atoms with Gasteiger partial charge in [0.05, 0.1) is 13.1 Å². The normalized spacial score (nSPS) is 9.80. The van der Waals surface area contributed by atoms with Crippen LogP contribution in [0.15, 0.2) is 0 Å². The van der Waals surface area contributed by atoms with Gasteiger partial charge in [0.25, 0.3) is 0 Å². The van der Waals surface area contributed by atoms with Crippen LogP contribution in [0.5, 0.6) is 0 Å². The van der Waals surface area contributed by atoms with Crippen molar-refractivity contribution >= 4 is 11.8 Å². The molecule has 0 radical (unpaired) electrons. The van der Waals surface area contributed by atoms with Gasteiger partial charge in [-0.15, -0.1) is 0 Å². The molecule has 2 N–H and O–H groups in total. The Kier molecular flexibility index (Phi) is 7.62. The number of likely N-dealkylation sites (N-methyl/N-ethyl adjacent to an activating group) is 2. The summed E-state index contributed by atoms with van der Waals surface area (Å²) in [5, 5.41) is 5.47. The van der Waals surface area contributed by atoms with Crippen molar-refractivity contribution in [2.24, 2.45) is 0 Å². The topological polar surface area (TPSA) is 61.4 Å². The molecule has 0 aromatic rings. The first kappa shape index (κ1) is 13.9. The van der Waals surface area contributed by atoms with Gasteiger partial charge in [-0.25, -0.2) is 0 Å². The lowest BCUT2D eigenvalue weighted by molar-refractivity contribution is -0.129. The summed E-state index contributed by atoms with van der Waals surface area (Å²) in [7, 11) is 0. The molecule has 2 amide bonds. The Balaban J connectivity index is 3.67. The summed E-state index contributed by atoms with van der Waals surface area (Å²) in [4.78, 5) is 24.2. The zero-order chi connectivity index (χ0) is 11.7. The van der Waals surface area contributed by atoms with Crippen LogP contribution < -0.4 is 10.6 Å². The maximum Gasteiger partial charge on any atom is 0.236 e. The van der Waals surface area contributed by atoms with E-state index < -0.39 is 0 Å². The predicted molar refractivity (Wildman–Crippen MR) is 59.5 cm³/mol. The van der Waals surface area contributed by atoms with E-state index in [4.69, 9.17) is 0 Å². The molecule has 0 rings (SSSR count). The number of hydrogen-bond acceptors (Lipinski definition) is 3. The molecule has 0 aliphatic carbocycles. The Morgan fingerprint density at radius 3 is 2.13 bits per heavy atom. The number of carbonyl (C=O) groups excluding carboxylic acids is 2. The largest absolute Gasteiger partial charge is 0.355 e. The fourth-order valence-corrected chi connectivity index (χ4v) is 1.23. The van der Waals surface area contributed by atoms with E-state index in [2.05, 4.69) is 10.6 Å². The monoisotopic (exact) mass is 215 g/mol. The van der Waals surface area contributed by atoms with Gasteiger partial charge >= 0.3 is 0 Å². The third-order valence-electron chi connectivity index (χ3n) is 2.05. The van der Waals surface area contributed by atoms with E-state index in [0.29, 0.717) is 19.6 Å². The van der Waals surface area contributed by atoms with Crippen molar-refractivity contribution in [3.05, 3.63) is 0 Å². The Hall–Kier alpha value is -1.10. The van der Waals surface area contributed by atoms with Crippen molar-refractivity contribution in [2.45, 2.75) is 20.8 Å². The van der Waals surface area contributed by atoms with Gasteiger partial charge in [-0.2, -0.15) is 0 Å². The van der Waals surface area contributed by atoms with Gasteiger partial charge in [0.1, 0.15) is 0 Å². The van der Waals surface area contributed by atoms with Crippen molar-refractivity contribution in [2.75, 3.05) is 32.7 Å². The summed E-state index contributed by atoms with van der Waals surface area (Å²) < 4.78 is 0. The number of rotatable bonds is 7. The van der Waals surface area contributed by atoms with Crippen molar-refractivity contribution < 1.29 is 9.59 Å². The average Bonchev–Trinajstić information content (AvgIpc) is 2.20. The van der Waals surface area contributed by atoms with Crippen LogP contribution in [0, 0.1) is 0 Å². The zero-order valence-corrected chi connectivity index (χ0v) is 9.80. The molecule has 0 saturated carbocycles. The van der Waals surface area contributed by atoms with Gasteiger partial charge in [-0.1, -0.05) is 0 Å². The molecule has 0 unspecified atom stereocenters. The summed E-state index contributed by atoms with van der Waals surface area (Å²) in [6.07, 6.45) is 0. The first-order valence-corrected chi connectivity index (χ1v) is 5.40. The molecule has 5 heteroatoms. The number of nitrogens with zero attached hydrogens (tertiary/aromatic N) is 1. The molecule has 0 bridgehead atoms. The highest BCUT2D eigenvalue weighted by Gasteiger charge is 2.08. The lowest BCUT2D eigenvalue weighted by Gasteiger charge is -2.18. The Bertz CT molecular complexity index is 203. The summed E-state index contributed by atoms with van der Waals surface area (Å²) >= 11 is 0. The van der Waals surface area contributed by atoms with E-state index >= 15 is 0 Å². The first-order chi connectivity index (χ1) is 7.15. The van der Waals surface area contributed by atoms with Crippen LogP contribution in [0.2, 0.25) is 0 Å². The SMILES string of the molecule is CCNC(=O)CNCC(=O)N(CC)CC. The molecule has 0 saturated heterocycles. The molecule has 5 nitrogen and oxygen atoms in total. The van der Waals surface area contributed by atoms with Crippen molar-refractivity contribution in [3.63, 3.8) is 0 Å². The van der Waals surface area contributed by atoms with Crippen LogP contribution >= 0.6 is 0 Å². The molecule has 0 aromatic carbocycles. The molecule has 0 atom stereocenters. The summed E-state index contributed by atoms with van der Waals surface area (Å²) in [5.41, 5.74) is 0. The fourth-order valence-electron chi connectivity index (χ4n) is 1.23. The highest BCUT2D eigenvalue weighted by Crippen LogP contribution is 1.86. The lowest BCUT2D eigenvalue weighted by atomic mass is 10.4. The van der Waals surface area contributed by atoms with Crippen LogP contribution in [0.1, 0.15) is 20.8 Å². The van der Waals surface area contributed by atoms with Crippen LogP contribution in [0.4, 0.5) is 0 Å². The number of carbonyl (C=O) groups is 2. The smallest absolute Gasteiger partial charge is 0.236 e. The van der Waals surface area contributed by atoms with Gasteiger partial charge in [0, 0.05) is 19.6 Å². The molecule has 0 fully saturated rings. The van der Waals surface area contributed by atoms with Crippen molar-refractivity contribution in [1.29, 1.82) is 0 Å². The van der Waals surface area contributed by atoms with Gasteiger partial charge < -0.3 is 10.2 Å². The average molecular weight is 215 g/mol. The van der Waals surface area contributed by atoms with Crippen LogP contribution in [-0.4, -0.2) is 49.4 Å². The van der Waals surface area contributed by atoms with E-state index in [1.165, 1.54) is 0 Å². The Morgan fingerprint density at radius 1 is 1.07 bits per heavy atom. The quantitative estimate of drug-likeness (QED) is 0.606. The van der Waals surface area contributed by atoms with E-state index in [1.807, 2.05) is 20.8 Å². The number of nitrogens with one attached hydrogen (secondary N) is 2. The highest BCUT2D eigenvalue weighted by atomic mass is 16.2. The van der Waals surface area contributed by atoms with Crippen LogP contribution in [-0.2, 0) is 9.59 Å². The predicted octanol–water partition coefficient (Wildman–Crippen LogP) is -0.419. The minimum atomic E-state index is -0.0788. The standard InChI is InChI=1S/C10H21N3O2/c1-4-12-9(14)7-11-8-10(15)13(5-2)6-3/h11H,4-8H2,1-3H3,(H,12,14).